The van der Waals surface area contributed by atoms with Crippen molar-refractivity contribution in [2.24, 2.45) is 9.98 Å². The molecular weight excluding hydrogens is 408 g/mol. The van der Waals surface area contributed by atoms with Crippen LogP contribution in [0.5, 0.6) is 0 Å². The van der Waals surface area contributed by atoms with E-state index in [2.05, 4.69) is 46.3 Å². The quantitative estimate of drug-likeness (QED) is 0.420. The van der Waals surface area contributed by atoms with Gasteiger partial charge in [-0.1, -0.05) is 30.3 Å². The number of hydrogen-bond acceptors (Lipinski definition) is 6. The zero-order chi connectivity index (χ0) is 21.9. The predicted molar refractivity (Wildman–Crippen MR) is 128 cm³/mol. The number of amides is 1. The molecule has 0 radical (unpaired) electrons. The molecule has 31 heavy (non-hydrogen) atoms. The van der Waals surface area contributed by atoms with Gasteiger partial charge in [0.2, 0.25) is 0 Å². The fraction of sp³-hybridized carbons (Fsp3) is 0.375. The van der Waals surface area contributed by atoms with Crippen LogP contribution in [0, 0.1) is 0 Å². The third-order valence-corrected chi connectivity index (χ3v) is 5.73. The molecule has 1 aromatic carbocycles. The van der Waals surface area contributed by atoms with E-state index in [0.717, 1.165) is 38.0 Å². The molecule has 1 fully saturated rings. The first-order valence-corrected chi connectivity index (χ1v) is 11.9. The lowest BCUT2D eigenvalue weighted by molar-refractivity contribution is -0.127. The molecule has 1 atom stereocenters. The summed E-state index contributed by atoms with van der Waals surface area (Å²) in [6.45, 7) is 4.85. The number of aryl methyl sites for hydroxylation is 1. The van der Waals surface area contributed by atoms with Gasteiger partial charge in [0.1, 0.15) is 11.6 Å². The van der Waals surface area contributed by atoms with Crippen molar-refractivity contribution < 1.29 is 9.21 Å². The lowest BCUT2D eigenvalue weighted by Gasteiger charge is -2.26. The van der Waals surface area contributed by atoms with Crippen LogP contribution >= 0.6 is 11.8 Å². The van der Waals surface area contributed by atoms with Crippen LogP contribution in [0.25, 0.3) is 0 Å². The molecule has 1 saturated heterocycles. The predicted octanol–water partition coefficient (Wildman–Crippen LogP) is 4.30. The first-order valence-electron chi connectivity index (χ1n) is 10.5. The van der Waals surface area contributed by atoms with Crippen LogP contribution in [0.3, 0.4) is 0 Å². The number of rotatable bonds is 11. The minimum atomic E-state index is -0.0465. The van der Waals surface area contributed by atoms with Crippen LogP contribution in [0.4, 0.5) is 0 Å². The number of thioether (sulfide) groups is 1. The maximum atomic E-state index is 13.5. The SMILES string of the molecule is C=N/C(NCc1ccco1)=C(\C=N/CSC)C(=O)N1CCCC1CCc1ccccc1. The van der Waals surface area contributed by atoms with Gasteiger partial charge in [0.25, 0.3) is 5.91 Å². The van der Waals surface area contributed by atoms with Gasteiger partial charge in [-0.05, 0) is 56.4 Å². The maximum Gasteiger partial charge on any atom is 0.259 e. The summed E-state index contributed by atoms with van der Waals surface area (Å²) >= 11 is 1.60. The zero-order valence-corrected chi connectivity index (χ0v) is 18.8. The fourth-order valence-corrected chi connectivity index (χ4v) is 4.00. The Balaban J connectivity index is 1.76. The van der Waals surface area contributed by atoms with Crippen molar-refractivity contribution in [2.45, 2.75) is 38.3 Å². The van der Waals surface area contributed by atoms with E-state index in [-0.39, 0.29) is 11.9 Å². The van der Waals surface area contributed by atoms with Crippen LogP contribution in [0.1, 0.15) is 30.6 Å². The van der Waals surface area contributed by atoms with Crippen LogP contribution in [-0.4, -0.2) is 48.5 Å². The van der Waals surface area contributed by atoms with E-state index < -0.39 is 0 Å². The number of hydrogen-bond donors (Lipinski definition) is 1. The van der Waals surface area contributed by atoms with Gasteiger partial charge in [-0.3, -0.25) is 9.79 Å². The van der Waals surface area contributed by atoms with Gasteiger partial charge in [0.15, 0.2) is 0 Å². The summed E-state index contributed by atoms with van der Waals surface area (Å²) in [5.74, 6) is 1.72. The highest BCUT2D eigenvalue weighted by Crippen LogP contribution is 2.24. The molecule has 1 unspecified atom stereocenters. The summed E-state index contributed by atoms with van der Waals surface area (Å²) in [5, 5.41) is 3.19. The Morgan fingerprint density at radius 2 is 2.16 bits per heavy atom. The van der Waals surface area contributed by atoms with E-state index in [0.29, 0.717) is 23.8 Å². The van der Waals surface area contributed by atoms with Crippen LogP contribution in [0.2, 0.25) is 0 Å². The van der Waals surface area contributed by atoms with E-state index in [4.69, 9.17) is 4.42 Å². The number of carbonyl (C=O) groups excluding carboxylic acids is 1. The smallest absolute Gasteiger partial charge is 0.259 e. The number of carbonyl (C=O) groups is 1. The van der Waals surface area contributed by atoms with E-state index in [9.17, 15) is 4.79 Å². The molecule has 164 valence electrons. The van der Waals surface area contributed by atoms with Crippen molar-refractivity contribution in [3.05, 3.63) is 71.4 Å². The third-order valence-electron chi connectivity index (χ3n) is 5.32. The maximum absolute atomic E-state index is 13.5. The molecule has 7 heteroatoms. The Labute approximate surface area is 188 Å². The van der Waals surface area contributed by atoms with Gasteiger partial charge >= 0.3 is 0 Å². The van der Waals surface area contributed by atoms with Crippen LogP contribution in [-0.2, 0) is 17.8 Å². The summed E-state index contributed by atoms with van der Waals surface area (Å²) in [5.41, 5.74) is 1.75. The van der Waals surface area contributed by atoms with E-state index in [1.54, 1.807) is 24.2 Å². The number of benzene rings is 1. The van der Waals surface area contributed by atoms with Crippen molar-refractivity contribution in [1.82, 2.24) is 10.2 Å². The average molecular weight is 439 g/mol. The second-order valence-corrected chi connectivity index (χ2v) is 8.24. The molecule has 0 bridgehead atoms. The van der Waals surface area contributed by atoms with Gasteiger partial charge in [-0.15, -0.1) is 11.8 Å². The van der Waals surface area contributed by atoms with Gasteiger partial charge in [0.05, 0.1) is 24.3 Å². The molecule has 2 aromatic rings. The van der Waals surface area contributed by atoms with Crippen LogP contribution < -0.4 is 5.32 Å². The molecule has 1 amide bonds. The number of furan rings is 1. The van der Waals surface area contributed by atoms with Crippen molar-refractivity contribution in [3.63, 3.8) is 0 Å². The molecule has 1 N–H and O–H groups in total. The van der Waals surface area contributed by atoms with Gasteiger partial charge in [0, 0.05) is 18.8 Å². The molecule has 1 aliphatic heterocycles. The lowest BCUT2D eigenvalue weighted by Crippen LogP contribution is -2.38. The van der Waals surface area contributed by atoms with E-state index in [1.807, 2.05) is 29.4 Å². The molecule has 6 nitrogen and oxygen atoms in total. The largest absolute Gasteiger partial charge is 0.467 e. The highest BCUT2D eigenvalue weighted by atomic mass is 32.2. The molecule has 0 spiro atoms. The third kappa shape index (κ3) is 6.59. The summed E-state index contributed by atoms with van der Waals surface area (Å²) in [6, 6.07) is 14.3. The monoisotopic (exact) mass is 438 g/mol. The van der Waals surface area contributed by atoms with Crippen molar-refractivity contribution >= 4 is 30.6 Å². The topological polar surface area (TPSA) is 70.2 Å². The molecule has 1 aromatic heterocycles. The molecule has 1 aliphatic rings. The number of nitrogens with zero attached hydrogens (tertiary/aromatic N) is 3. The van der Waals surface area contributed by atoms with Crippen LogP contribution in [0.15, 0.2) is 74.5 Å². The minimum absolute atomic E-state index is 0.0465. The number of aliphatic imine (C=N–C) groups is 2. The fourth-order valence-electron chi connectivity index (χ4n) is 3.78. The normalized spacial score (nSPS) is 17.1. The summed E-state index contributed by atoms with van der Waals surface area (Å²) in [7, 11) is 0. The molecule has 0 aliphatic carbocycles. The second kappa shape index (κ2) is 12.2. The highest BCUT2D eigenvalue weighted by molar-refractivity contribution is 7.98. The number of likely N-dealkylation sites (tertiary alicyclic amines) is 1. The lowest BCUT2D eigenvalue weighted by atomic mass is 10.0. The molecular formula is C24H30N4O2S. The molecule has 3 rings (SSSR count). The van der Waals surface area contributed by atoms with Crippen molar-refractivity contribution in [3.8, 4) is 0 Å². The van der Waals surface area contributed by atoms with Gasteiger partial charge < -0.3 is 14.6 Å². The van der Waals surface area contributed by atoms with Crippen molar-refractivity contribution in [2.75, 3.05) is 18.7 Å². The number of nitrogens with one attached hydrogen (secondary N) is 1. The Bertz CT molecular complexity index is 894. The summed E-state index contributed by atoms with van der Waals surface area (Å²) in [4.78, 5) is 24.0. The Morgan fingerprint density at radius 3 is 2.87 bits per heavy atom. The first kappa shape index (κ1) is 22.9. The average Bonchev–Trinajstić information content (AvgIpc) is 3.49. The molecule has 2 heterocycles. The van der Waals surface area contributed by atoms with Gasteiger partial charge in [-0.25, -0.2) is 4.99 Å². The Hall–Kier alpha value is -2.80. The van der Waals surface area contributed by atoms with Gasteiger partial charge in [-0.2, -0.15) is 0 Å². The Morgan fingerprint density at radius 1 is 1.32 bits per heavy atom. The second-order valence-electron chi connectivity index (χ2n) is 7.40. The molecule has 0 saturated carbocycles. The highest BCUT2D eigenvalue weighted by Gasteiger charge is 2.31. The summed E-state index contributed by atoms with van der Waals surface area (Å²) < 4.78 is 5.38. The minimum Gasteiger partial charge on any atom is -0.467 e. The standard InChI is InChI=1S/C24H30N4O2S/c1-25-23(27-16-21-11-7-15-30-21)22(17-26-18-31-2)24(29)28-14-6-10-20(28)13-12-19-8-4-3-5-9-19/h3-5,7-9,11,15,17,20,27H,1,6,10,12-14,16,18H2,2H3/b23-22-,26-17-. The first-order chi connectivity index (χ1) is 15.2. The van der Waals surface area contributed by atoms with E-state index in [1.165, 1.54) is 5.56 Å². The van der Waals surface area contributed by atoms with Crippen molar-refractivity contribution in [1.29, 1.82) is 0 Å². The van der Waals surface area contributed by atoms with E-state index >= 15 is 0 Å². The Kier molecular flexibility index (Phi) is 8.97. The zero-order valence-electron chi connectivity index (χ0n) is 18.0. The summed E-state index contributed by atoms with van der Waals surface area (Å²) in [6.07, 6.45) is 9.16.